The number of carbonyl (C=O) groups is 1. The maximum atomic E-state index is 12.7. The summed E-state index contributed by atoms with van der Waals surface area (Å²) in [5.41, 5.74) is 6.82. The fourth-order valence-electron chi connectivity index (χ4n) is 6.68. The zero-order chi connectivity index (χ0) is 29.7. The minimum absolute atomic E-state index is 0. The summed E-state index contributed by atoms with van der Waals surface area (Å²) in [6.45, 7) is 4.05. The molecule has 0 aromatic heterocycles. The van der Waals surface area contributed by atoms with Crippen LogP contribution in [0, 0.1) is 0 Å². The number of nitrogens with zero attached hydrogens (tertiary/aromatic N) is 1. The Bertz CT molecular complexity index is 1340. The lowest BCUT2D eigenvalue weighted by Crippen LogP contribution is -2.33. The van der Waals surface area contributed by atoms with Gasteiger partial charge >= 0.3 is 0 Å². The van der Waals surface area contributed by atoms with E-state index in [4.69, 9.17) is 4.74 Å². The van der Waals surface area contributed by atoms with Crippen LogP contribution >= 0.6 is 12.4 Å². The molecule has 0 bridgehead atoms. The van der Waals surface area contributed by atoms with Gasteiger partial charge in [-0.1, -0.05) is 97.1 Å². The maximum Gasteiger partial charge on any atom is 0.220 e. The van der Waals surface area contributed by atoms with Crippen LogP contribution in [0.5, 0.6) is 5.75 Å². The molecule has 44 heavy (non-hydrogen) atoms. The van der Waals surface area contributed by atoms with Crippen molar-refractivity contribution in [3.63, 3.8) is 0 Å². The highest BCUT2D eigenvalue weighted by Gasteiger charge is 2.33. The third kappa shape index (κ3) is 8.97. The number of fused-ring (bicyclic) bond motifs is 1. The van der Waals surface area contributed by atoms with E-state index in [1.165, 1.54) is 22.3 Å². The molecular formula is C39H47ClN2O2. The van der Waals surface area contributed by atoms with Crippen LogP contribution in [0.15, 0.2) is 109 Å². The van der Waals surface area contributed by atoms with Crippen LogP contribution in [-0.4, -0.2) is 44.1 Å². The summed E-state index contributed by atoms with van der Waals surface area (Å²) in [5, 5.41) is 3.20. The van der Waals surface area contributed by atoms with Gasteiger partial charge in [-0.2, -0.15) is 0 Å². The fourth-order valence-corrected chi connectivity index (χ4v) is 6.68. The van der Waals surface area contributed by atoms with E-state index < -0.39 is 0 Å². The quantitative estimate of drug-likeness (QED) is 0.148. The van der Waals surface area contributed by atoms with Crippen molar-refractivity contribution in [2.45, 2.75) is 56.8 Å². The Morgan fingerprint density at radius 3 is 1.86 bits per heavy atom. The number of aryl methyl sites for hydroxylation is 1. The van der Waals surface area contributed by atoms with Crippen LogP contribution in [0.3, 0.4) is 0 Å². The van der Waals surface area contributed by atoms with Gasteiger partial charge in [-0.15, -0.1) is 12.4 Å². The highest BCUT2D eigenvalue weighted by Crippen LogP contribution is 2.41. The maximum absolute atomic E-state index is 12.7. The third-order valence-electron chi connectivity index (χ3n) is 9.15. The van der Waals surface area contributed by atoms with Crippen LogP contribution in [-0.2, 0) is 29.5 Å². The van der Waals surface area contributed by atoms with Crippen LogP contribution in [0.25, 0.3) is 0 Å². The second-order valence-corrected chi connectivity index (χ2v) is 11.8. The molecule has 0 aliphatic carbocycles. The monoisotopic (exact) mass is 610 g/mol. The van der Waals surface area contributed by atoms with E-state index in [1.807, 2.05) is 24.3 Å². The Morgan fingerprint density at radius 1 is 0.750 bits per heavy atom. The average molecular weight is 611 g/mol. The summed E-state index contributed by atoms with van der Waals surface area (Å²) in [4.78, 5) is 15.4. The normalized spacial score (nSPS) is 13.3. The highest BCUT2D eigenvalue weighted by molar-refractivity contribution is 5.85. The summed E-state index contributed by atoms with van der Waals surface area (Å²) < 4.78 is 5.24. The molecule has 1 amide bonds. The van der Waals surface area contributed by atoms with Crippen molar-refractivity contribution in [2.75, 3.05) is 33.3 Å². The molecule has 4 aromatic carbocycles. The van der Waals surface area contributed by atoms with E-state index in [2.05, 4.69) is 95.1 Å². The number of hydrogen-bond donors (Lipinski definition) is 1. The van der Waals surface area contributed by atoms with Crippen molar-refractivity contribution >= 4 is 18.3 Å². The van der Waals surface area contributed by atoms with E-state index >= 15 is 0 Å². The number of nitrogens with one attached hydrogen (secondary N) is 1. The number of rotatable bonds is 14. The van der Waals surface area contributed by atoms with Crippen LogP contribution in [0.1, 0.15) is 59.9 Å². The second-order valence-electron chi connectivity index (χ2n) is 11.8. The molecule has 0 unspecified atom stereocenters. The SMILES string of the molecule is COc1ccc(CCC(=O)NCCCC(CCCN2CCc3ccccc3CC2)(c2ccccc2)c2ccccc2)cc1.Cl. The molecule has 0 saturated carbocycles. The predicted molar refractivity (Wildman–Crippen MR) is 184 cm³/mol. The minimum atomic E-state index is -0.0921. The van der Waals surface area contributed by atoms with Gasteiger partial charge in [-0.25, -0.2) is 0 Å². The van der Waals surface area contributed by atoms with E-state index in [-0.39, 0.29) is 23.7 Å². The van der Waals surface area contributed by atoms with Crippen molar-refractivity contribution in [1.82, 2.24) is 10.2 Å². The highest BCUT2D eigenvalue weighted by atomic mass is 35.5. The molecule has 1 aliphatic rings. The molecular weight excluding hydrogens is 564 g/mol. The van der Waals surface area contributed by atoms with Gasteiger partial charge in [-0.3, -0.25) is 4.79 Å². The Balaban J connectivity index is 0.00000442. The Hall–Kier alpha value is -3.60. The second kappa shape index (κ2) is 17.0. The number of hydrogen-bond acceptors (Lipinski definition) is 3. The molecule has 232 valence electrons. The van der Waals surface area contributed by atoms with Crippen molar-refractivity contribution in [2.24, 2.45) is 0 Å². The van der Waals surface area contributed by atoms with Gasteiger partial charge < -0.3 is 15.0 Å². The van der Waals surface area contributed by atoms with Gasteiger partial charge in [0.05, 0.1) is 7.11 Å². The molecule has 5 heteroatoms. The van der Waals surface area contributed by atoms with Gasteiger partial charge in [0.15, 0.2) is 0 Å². The number of carbonyl (C=O) groups excluding carboxylic acids is 1. The summed E-state index contributed by atoms with van der Waals surface area (Å²) in [5.74, 6) is 0.952. The predicted octanol–water partition coefficient (Wildman–Crippen LogP) is 7.81. The summed E-state index contributed by atoms with van der Waals surface area (Å²) >= 11 is 0. The summed E-state index contributed by atoms with van der Waals surface area (Å²) in [6.07, 6.45) is 7.63. The molecule has 1 aliphatic heterocycles. The molecule has 4 nitrogen and oxygen atoms in total. The van der Waals surface area contributed by atoms with Gasteiger partial charge in [0.25, 0.3) is 0 Å². The van der Waals surface area contributed by atoms with Crippen LogP contribution in [0.2, 0.25) is 0 Å². The van der Waals surface area contributed by atoms with Gasteiger partial charge in [0, 0.05) is 31.5 Å². The minimum Gasteiger partial charge on any atom is -0.497 e. The Kier molecular flexibility index (Phi) is 12.9. The smallest absolute Gasteiger partial charge is 0.220 e. The number of ether oxygens (including phenoxy) is 1. The lowest BCUT2D eigenvalue weighted by Gasteiger charge is -2.36. The Labute approximate surface area is 270 Å². The van der Waals surface area contributed by atoms with E-state index in [1.54, 1.807) is 7.11 Å². The molecule has 1 N–H and O–H groups in total. The first-order valence-corrected chi connectivity index (χ1v) is 16.0. The zero-order valence-electron chi connectivity index (χ0n) is 26.0. The fraction of sp³-hybridized carbons (Fsp3) is 0.359. The van der Waals surface area contributed by atoms with Crippen molar-refractivity contribution in [3.05, 3.63) is 137 Å². The Morgan fingerprint density at radius 2 is 1.30 bits per heavy atom. The van der Waals surface area contributed by atoms with E-state index in [0.717, 1.165) is 75.9 Å². The van der Waals surface area contributed by atoms with Crippen LogP contribution < -0.4 is 10.1 Å². The van der Waals surface area contributed by atoms with E-state index in [9.17, 15) is 4.79 Å². The molecule has 0 atom stereocenters. The van der Waals surface area contributed by atoms with Gasteiger partial charge in [0.1, 0.15) is 5.75 Å². The van der Waals surface area contributed by atoms with Gasteiger partial charge in [-0.05, 0) is 91.4 Å². The summed E-state index contributed by atoms with van der Waals surface area (Å²) in [6, 6.07) is 39.0. The first-order chi connectivity index (χ1) is 21.2. The standard InChI is InChI=1S/C39H46N2O2.ClH/c1-43-37-21-18-32(19-22-37)20-23-38(42)40-28-10-26-39(35-14-4-2-5-15-35,36-16-6-3-7-17-36)27-11-29-41-30-24-33-12-8-9-13-34(33)25-31-41;/h2-9,12-19,21-22H,10-11,20,23-31H2,1H3,(H,40,42);1H. The number of amides is 1. The van der Waals surface area contributed by atoms with Crippen molar-refractivity contribution in [3.8, 4) is 5.75 Å². The lowest BCUT2D eigenvalue weighted by atomic mass is 9.68. The van der Waals surface area contributed by atoms with Gasteiger partial charge in [0.2, 0.25) is 5.91 Å². The molecule has 5 rings (SSSR count). The molecule has 0 fully saturated rings. The molecule has 4 aromatic rings. The van der Waals surface area contributed by atoms with Crippen molar-refractivity contribution < 1.29 is 9.53 Å². The topological polar surface area (TPSA) is 41.6 Å². The average Bonchev–Trinajstić information content (AvgIpc) is 3.28. The summed E-state index contributed by atoms with van der Waals surface area (Å²) in [7, 11) is 1.67. The van der Waals surface area contributed by atoms with Crippen LogP contribution in [0.4, 0.5) is 0 Å². The zero-order valence-corrected chi connectivity index (χ0v) is 26.9. The third-order valence-corrected chi connectivity index (χ3v) is 9.15. The molecule has 0 saturated heterocycles. The first kappa shape index (κ1) is 33.3. The lowest BCUT2D eigenvalue weighted by molar-refractivity contribution is -0.121. The molecule has 0 radical (unpaired) electrons. The number of benzene rings is 4. The molecule has 1 heterocycles. The first-order valence-electron chi connectivity index (χ1n) is 16.0. The molecule has 0 spiro atoms. The number of methoxy groups -OCH3 is 1. The van der Waals surface area contributed by atoms with Crippen molar-refractivity contribution in [1.29, 1.82) is 0 Å². The number of halogens is 1. The van der Waals surface area contributed by atoms with E-state index in [0.29, 0.717) is 13.0 Å². The largest absolute Gasteiger partial charge is 0.497 e.